The topological polar surface area (TPSA) is 0 Å². The zero-order valence-corrected chi connectivity index (χ0v) is 35.2. The zero-order valence-electron chi connectivity index (χ0n) is 34.3. The van der Waals surface area contributed by atoms with Gasteiger partial charge in [-0.2, -0.15) is 0 Å². The van der Waals surface area contributed by atoms with Crippen molar-refractivity contribution in [2.75, 3.05) is 0 Å². The number of hydrogen-bond acceptors (Lipinski definition) is 1. The molecule has 0 saturated carbocycles. The van der Waals surface area contributed by atoms with Crippen molar-refractivity contribution in [3.8, 4) is 55.6 Å². The molecule has 0 radical (unpaired) electrons. The molecule has 13 rings (SSSR count). The minimum atomic E-state index is 1.23. The Labute approximate surface area is 369 Å². The average Bonchev–Trinajstić information content (AvgIpc) is 3.73. The molecule has 292 valence electrons. The van der Waals surface area contributed by atoms with Crippen LogP contribution in [0.25, 0.3) is 130 Å². The molecule has 1 aromatic heterocycles. The SMILES string of the molecule is c1ccc(-c2ccc(-c3c4ccccc4c(-c4cccc5c4sc4ccc(-c6c7ccccc7c(-c7ccccc7)c7ccccc67)cc45)c4ccccc34)c3ccccc23)cc1. The van der Waals surface area contributed by atoms with Gasteiger partial charge in [0.1, 0.15) is 0 Å². The van der Waals surface area contributed by atoms with Gasteiger partial charge in [-0.25, -0.2) is 0 Å². The highest BCUT2D eigenvalue weighted by Crippen LogP contribution is 2.50. The first kappa shape index (κ1) is 35.9. The van der Waals surface area contributed by atoms with Crippen LogP contribution in [0.2, 0.25) is 0 Å². The zero-order chi connectivity index (χ0) is 41.4. The van der Waals surface area contributed by atoms with Gasteiger partial charge in [0.15, 0.2) is 0 Å². The van der Waals surface area contributed by atoms with Crippen LogP contribution in [0.3, 0.4) is 0 Å². The van der Waals surface area contributed by atoms with Gasteiger partial charge in [0, 0.05) is 25.7 Å². The van der Waals surface area contributed by atoms with Crippen molar-refractivity contribution in [3.05, 3.63) is 231 Å². The summed E-state index contributed by atoms with van der Waals surface area (Å²) in [5, 5.41) is 15.3. The van der Waals surface area contributed by atoms with Gasteiger partial charge in [-0.05, 0) is 116 Å². The van der Waals surface area contributed by atoms with Crippen molar-refractivity contribution in [2.24, 2.45) is 0 Å². The monoisotopic (exact) mass is 814 g/mol. The highest BCUT2D eigenvalue weighted by molar-refractivity contribution is 7.26. The summed E-state index contributed by atoms with van der Waals surface area (Å²) in [6, 6.07) is 85.4. The van der Waals surface area contributed by atoms with Gasteiger partial charge in [-0.1, -0.05) is 218 Å². The second-order valence-corrected chi connectivity index (χ2v) is 17.7. The summed E-state index contributed by atoms with van der Waals surface area (Å²) in [5.41, 5.74) is 12.7. The molecule has 0 N–H and O–H groups in total. The van der Waals surface area contributed by atoms with Crippen LogP contribution in [-0.2, 0) is 0 Å². The Hall–Kier alpha value is -7.84. The number of thiophene rings is 1. The van der Waals surface area contributed by atoms with Gasteiger partial charge < -0.3 is 0 Å². The van der Waals surface area contributed by atoms with Crippen molar-refractivity contribution < 1.29 is 0 Å². The first-order valence-corrected chi connectivity index (χ1v) is 22.6. The van der Waals surface area contributed by atoms with Crippen molar-refractivity contribution in [1.82, 2.24) is 0 Å². The van der Waals surface area contributed by atoms with E-state index in [0.717, 1.165) is 0 Å². The summed E-state index contributed by atoms with van der Waals surface area (Å²) in [5.74, 6) is 0. The van der Waals surface area contributed by atoms with E-state index < -0.39 is 0 Å². The fraction of sp³-hybridized carbons (Fsp3) is 0. The van der Waals surface area contributed by atoms with E-state index in [9.17, 15) is 0 Å². The predicted molar refractivity (Wildman–Crippen MR) is 274 cm³/mol. The summed E-state index contributed by atoms with van der Waals surface area (Å²) >= 11 is 1.91. The molecule has 0 amide bonds. The molecule has 0 bridgehead atoms. The number of benzene rings is 12. The molecule has 0 spiro atoms. The minimum absolute atomic E-state index is 1.23. The molecule has 0 aliphatic rings. The smallest absolute Gasteiger partial charge is 0.0434 e. The van der Waals surface area contributed by atoms with Crippen molar-refractivity contribution in [3.63, 3.8) is 0 Å². The molecule has 0 unspecified atom stereocenters. The Morgan fingerprint density at radius 2 is 0.603 bits per heavy atom. The number of rotatable bonds is 5. The molecular formula is C62H38S. The van der Waals surface area contributed by atoms with Gasteiger partial charge in [-0.3, -0.25) is 0 Å². The lowest BCUT2D eigenvalue weighted by Crippen LogP contribution is -1.92. The second-order valence-electron chi connectivity index (χ2n) is 16.6. The van der Waals surface area contributed by atoms with Crippen LogP contribution in [0, 0.1) is 0 Å². The third-order valence-electron chi connectivity index (χ3n) is 13.3. The van der Waals surface area contributed by atoms with Crippen molar-refractivity contribution in [2.45, 2.75) is 0 Å². The van der Waals surface area contributed by atoms with Crippen LogP contribution in [0.1, 0.15) is 0 Å². The molecule has 0 fully saturated rings. The summed E-state index contributed by atoms with van der Waals surface area (Å²) in [6.07, 6.45) is 0. The molecule has 0 aliphatic carbocycles. The van der Waals surface area contributed by atoms with Gasteiger partial charge in [-0.15, -0.1) is 11.3 Å². The van der Waals surface area contributed by atoms with Crippen LogP contribution >= 0.6 is 11.3 Å². The summed E-state index contributed by atoms with van der Waals surface area (Å²) in [6.45, 7) is 0. The average molecular weight is 815 g/mol. The Bertz CT molecular complexity index is 3840. The van der Waals surface area contributed by atoms with Gasteiger partial charge in [0.2, 0.25) is 0 Å². The highest BCUT2D eigenvalue weighted by atomic mass is 32.1. The molecule has 1 heteroatoms. The van der Waals surface area contributed by atoms with Gasteiger partial charge in [0.25, 0.3) is 0 Å². The van der Waals surface area contributed by atoms with E-state index in [2.05, 4.69) is 231 Å². The lowest BCUT2D eigenvalue weighted by molar-refractivity contribution is 1.64. The van der Waals surface area contributed by atoms with Crippen LogP contribution in [0.5, 0.6) is 0 Å². The fourth-order valence-corrected chi connectivity index (χ4v) is 11.8. The van der Waals surface area contributed by atoms with E-state index in [1.165, 1.54) is 130 Å². The van der Waals surface area contributed by atoms with Gasteiger partial charge >= 0.3 is 0 Å². The lowest BCUT2D eigenvalue weighted by atomic mass is 9.83. The standard InChI is InChI=1S/C62H38S/c1-3-18-39(19-4-1)42-35-36-53(44-23-8-7-22-43(42)44)60-49-28-13-15-30-51(49)61(52-31-16-14-29-50(52)60)55-33-17-32-54-56-38-41(34-37-57(56)63-62(54)55)59-47-26-11-9-24-45(47)58(40-20-5-2-6-21-40)46-25-10-12-27-48(46)59/h1-38H. The molecule has 1 heterocycles. The van der Waals surface area contributed by atoms with Crippen LogP contribution in [0.4, 0.5) is 0 Å². The van der Waals surface area contributed by atoms with Gasteiger partial charge in [0.05, 0.1) is 0 Å². The summed E-state index contributed by atoms with van der Waals surface area (Å²) in [7, 11) is 0. The van der Waals surface area contributed by atoms with Crippen LogP contribution < -0.4 is 0 Å². The lowest BCUT2D eigenvalue weighted by Gasteiger charge is -2.20. The number of hydrogen-bond donors (Lipinski definition) is 0. The maximum Gasteiger partial charge on any atom is 0.0434 e. The molecule has 12 aromatic carbocycles. The van der Waals surface area contributed by atoms with E-state index in [1.54, 1.807) is 0 Å². The molecular weight excluding hydrogens is 777 g/mol. The van der Waals surface area contributed by atoms with Crippen molar-refractivity contribution >= 4 is 85.4 Å². The Kier molecular flexibility index (Phi) is 8.19. The van der Waals surface area contributed by atoms with E-state index in [-0.39, 0.29) is 0 Å². The maximum absolute atomic E-state index is 2.46. The fourth-order valence-electron chi connectivity index (χ4n) is 10.6. The molecule has 0 nitrogen and oxygen atoms in total. The normalized spacial score (nSPS) is 11.8. The van der Waals surface area contributed by atoms with Crippen LogP contribution in [-0.4, -0.2) is 0 Å². The maximum atomic E-state index is 2.46. The molecule has 0 atom stereocenters. The second kappa shape index (κ2) is 14.4. The number of fused-ring (bicyclic) bond motifs is 8. The predicted octanol–water partition coefficient (Wildman–Crippen LogP) is 18.2. The van der Waals surface area contributed by atoms with E-state index >= 15 is 0 Å². The first-order chi connectivity index (χ1) is 31.3. The molecule has 13 aromatic rings. The Morgan fingerprint density at radius 1 is 0.206 bits per heavy atom. The molecule has 0 aliphatic heterocycles. The first-order valence-electron chi connectivity index (χ1n) is 21.8. The van der Waals surface area contributed by atoms with E-state index in [0.29, 0.717) is 0 Å². The Morgan fingerprint density at radius 3 is 1.14 bits per heavy atom. The minimum Gasteiger partial charge on any atom is -0.135 e. The molecule has 0 saturated heterocycles. The highest BCUT2D eigenvalue weighted by Gasteiger charge is 2.22. The largest absolute Gasteiger partial charge is 0.135 e. The molecule has 63 heavy (non-hydrogen) atoms. The van der Waals surface area contributed by atoms with E-state index in [4.69, 9.17) is 0 Å². The van der Waals surface area contributed by atoms with E-state index in [1.807, 2.05) is 11.3 Å². The third kappa shape index (κ3) is 5.54. The quantitative estimate of drug-likeness (QED) is 0.152. The third-order valence-corrected chi connectivity index (χ3v) is 14.5. The van der Waals surface area contributed by atoms with Crippen molar-refractivity contribution in [1.29, 1.82) is 0 Å². The summed E-state index contributed by atoms with van der Waals surface area (Å²) < 4.78 is 2.62. The Balaban J connectivity index is 1.04. The summed E-state index contributed by atoms with van der Waals surface area (Å²) in [4.78, 5) is 0. The van der Waals surface area contributed by atoms with Crippen LogP contribution in [0.15, 0.2) is 231 Å².